The minimum Gasteiger partial charge on any atom is -0.489 e. The highest BCUT2D eigenvalue weighted by molar-refractivity contribution is 5.81. The van der Waals surface area contributed by atoms with Gasteiger partial charge in [-0.1, -0.05) is 54.6 Å². The molecular formula is C21H18N2O2. The normalized spacial score (nSPS) is 10.9. The standard InChI is InChI=1S/C21H18N2O2/c1-23-21(24)19-9-5-8-17(20(19)22-23)14-25-18-12-10-16(11-13-18)15-6-3-2-4-7-15/h2-13,22H,14H2,1H3. The minimum absolute atomic E-state index is 0.0240. The second-order valence-electron chi connectivity index (χ2n) is 5.99. The fourth-order valence-corrected chi connectivity index (χ4v) is 2.97. The van der Waals surface area contributed by atoms with Crippen molar-refractivity contribution < 1.29 is 4.74 Å². The molecule has 0 radical (unpaired) electrons. The van der Waals surface area contributed by atoms with E-state index in [2.05, 4.69) is 29.4 Å². The molecule has 0 aliphatic heterocycles. The Morgan fingerprint density at radius 1 is 0.880 bits per heavy atom. The van der Waals surface area contributed by atoms with Gasteiger partial charge in [-0.05, 0) is 29.3 Å². The van der Waals surface area contributed by atoms with E-state index in [1.54, 1.807) is 7.05 Å². The van der Waals surface area contributed by atoms with Crippen LogP contribution in [0.4, 0.5) is 0 Å². The first kappa shape index (κ1) is 15.3. The highest BCUT2D eigenvalue weighted by Gasteiger charge is 2.08. The second-order valence-corrected chi connectivity index (χ2v) is 5.99. The van der Waals surface area contributed by atoms with Gasteiger partial charge in [0, 0.05) is 12.6 Å². The lowest BCUT2D eigenvalue weighted by atomic mass is 10.1. The van der Waals surface area contributed by atoms with Crippen LogP contribution in [0.1, 0.15) is 5.56 Å². The smallest absolute Gasteiger partial charge is 0.274 e. The van der Waals surface area contributed by atoms with Crippen molar-refractivity contribution >= 4 is 10.9 Å². The number of ether oxygens (including phenoxy) is 1. The van der Waals surface area contributed by atoms with E-state index in [0.717, 1.165) is 22.4 Å². The van der Waals surface area contributed by atoms with E-state index in [1.165, 1.54) is 10.2 Å². The first-order valence-corrected chi connectivity index (χ1v) is 8.17. The Labute approximate surface area is 145 Å². The summed E-state index contributed by atoms with van der Waals surface area (Å²) in [5, 5.41) is 3.77. The van der Waals surface area contributed by atoms with Crippen LogP contribution in [0, 0.1) is 0 Å². The van der Waals surface area contributed by atoms with Crippen molar-refractivity contribution in [3.05, 3.63) is 88.7 Å². The number of aromatic amines is 1. The molecule has 25 heavy (non-hydrogen) atoms. The number of nitrogens with zero attached hydrogens (tertiary/aromatic N) is 1. The topological polar surface area (TPSA) is 47.0 Å². The molecule has 4 rings (SSSR count). The Kier molecular flexibility index (Phi) is 3.86. The minimum atomic E-state index is -0.0240. The first-order chi connectivity index (χ1) is 12.2. The lowest BCUT2D eigenvalue weighted by Crippen LogP contribution is -2.10. The highest BCUT2D eigenvalue weighted by atomic mass is 16.5. The Morgan fingerprint density at radius 2 is 1.60 bits per heavy atom. The SMILES string of the molecule is Cn1[nH]c2c(COc3ccc(-c4ccccc4)cc3)cccc2c1=O. The summed E-state index contributed by atoms with van der Waals surface area (Å²) in [7, 11) is 1.72. The second kappa shape index (κ2) is 6.32. The van der Waals surface area contributed by atoms with Gasteiger partial charge in [-0.25, -0.2) is 0 Å². The molecule has 0 amide bonds. The molecule has 1 heterocycles. The molecule has 0 spiro atoms. The first-order valence-electron chi connectivity index (χ1n) is 8.17. The maximum Gasteiger partial charge on any atom is 0.274 e. The van der Waals surface area contributed by atoms with Crippen LogP contribution < -0.4 is 10.3 Å². The predicted octanol–water partition coefficient (Wildman–Crippen LogP) is 4.11. The van der Waals surface area contributed by atoms with Gasteiger partial charge in [-0.2, -0.15) is 0 Å². The third-order valence-electron chi connectivity index (χ3n) is 4.32. The van der Waals surface area contributed by atoms with Crippen LogP contribution in [-0.2, 0) is 13.7 Å². The van der Waals surface area contributed by atoms with Crippen molar-refractivity contribution in [1.82, 2.24) is 9.78 Å². The fourth-order valence-electron chi connectivity index (χ4n) is 2.97. The lowest BCUT2D eigenvalue weighted by Gasteiger charge is -2.08. The molecule has 0 saturated heterocycles. The quantitative estimate of drug-likeness (QED) is 0.612. The summed E-state index contributed by atoms with van der Waals surface area (Å²) in [5.74, 6) is 0.801. The van der Waals surface area contributed by atoms with Crippen molar-refractivity contribution in [1.29, 1.82) is 0 Å². The van der Waals surface area contributed by atoms with E-state index in [0.29, 0.717) is 12.0 Å². The van der Waals surface area contributed by atoms with E-state index < -0.39 is 0 Å². The summed E-state index contributed by atoms with van der Waals surface area (Å²) in [6, 6.07) is 24.0. The fraction of sp³-hybridized carbons (Fsp3) is 0.0952. The average Bonchev–Trinajstić information content (AvgIpc) is 2.96. The van der Waals surface area contributed by atoms with Crippen LogP contribution in [0.3, 0.4) is 0 Å². The molecule has 1 aromatic heterocycles. The number of rotatable bonds is 4. The van der Waals surface area contributed by atoms with E-state index in [4.69, 9.17) is 4.74 Å². The van der Waals surface area contributed by atoms with Gasteiger partial charge in [0.05, 0.1) is 10.9 Å². The largest absolute Gasteiger partial charge is 0.489 e. The van der Waals surface area contributed by atoms with Gasteiger partial charge in [-0.3, -0.25) is 14.6 Å². The van der Waals surface area contributed by atoms with E-state index >= 15 is 0 Å². The number of H-pyrrole nitrogens is 1. The molecule has 0 bridgehead atoms. The van der Waals surface area contributed by atoms with Crippen LogP contribution in [0.25, 0.3) is 22.0 Å². The summed E-state index contributed by atoms with van der Waals surface area (Å²) in [4.78, 5) is 12.0. The molecule has 0 aliphatic carbocycles. The maximum absolute atomic E-state index is 12.0. The highest BCUT2D eigenvalue weighted by Crippen LogP contribution is 2.23. The number of fused-ring (bicyclic) bond motifs is 1. The van der Waals surface area contributed by atoms with Gasteiger partial charge in [0.1, 0.15) is 12.4 Å². The lowest BCUT2D eigenvalue weighted by molar-refractivity contribution is 0.307. The van der Waals surface area contributed by atoms with Crippen molar-refractivity contribution in [3.63, 3.8) is 0 Å². The third kappa shape index (κ3) is 2.94. The molecule has 124 valence electrons. The molecular weight excluding hydrogens is 312 g/mol. The van der Waals surface area contributed by atoms with Gasteiger partial charge in [-0.15, -0.1) is 0 Å². The molecule has 4 aromatic rings. The average molecular weight is 330 g/mol. The van der Waals surface area contributed by atoms with E-state index in [9.17, 15) is 4.79 Å². The molecule has 0 unspecified atom stereocenters. The number of nitrogens with one attached hydrogen (secondary N) is 1. The van der Waals surface area contributed by atoms with Crippen molar-refractivity contribution in [3.8, 4) is 16.9 Å². The third-order valence-corrected chi connectivity index (χ3v) is 4.32. The van der Waals surface area contributed by atoms with Gasteiger partial charge in [0.15, 0.2) is 0 Å². The monoisotopic (exact) mass is 330 g/mol. The Morgan fingerprint density at radius 3 is 2.36 bits per heavy atom. The summed E-state index contributed by atoms with van der Waals surface area (Å²) in [5.41, 5.74) is 4.10. The summed E-state index contributed by atoms with van der Waals surface area (Å²) in [6.45, 7) is 0.405. The summed E-state index contributed by atoms with van der Waals surface area (Å²) in [6.07, 6.45) is 0. The van der Waals surface area contributed by atoms with Crippen LogP contribution >= 0.6 is 0 Å². The zero-order chi connectivity index (χ0) is 17.2. The molecule has 0 aliphatic rings. The van der Waals surface area contributed by atoms with Crippen LogP contribution in [0.5, 0.6) is 5.75 Å². The number of aromatic nitrogens is 2. The molecule has 0 saturated carbocycles. The Bertz CT molecular complexity index is 1060. The molecule has 1 N–H and O–H groups in total. The number of hydrogen-bond donors (Lipinski definition) is 1. The van der Waals surface area contributed by atoms with Crippen LogP contribution in [0.15, 0.2) is 77.6 Å². The predicted molar refractivity (Wildman–Crippen MR) is 99.7 cm³/mol. The molecule has 0 fully saturated rings. The van der Waals surface area contributed by atoms with E-state index in [1.807, 2.05) is 48.5 Å². The number of para-hydroxylation sites is 1. The zero-order valence-corrected chi connectivity index (χ0v) is 13.9. The van der Waals surface area contributed by atoms with Gasteiger partial charge in [0.25, 0.3) is 5.56 Å². The Hall–Kier alpha value is -3.27. The molecule has 4 heteroatoms. The number of hydrogen-bond acceptors (Lipinski definition) is 2. The number of benzene rings is 3. The molecule has 0 atom stereocenters. The van der Waals surface area contributed by atoms with Crippen molar-refractivity contribution in [2.24, 2.45) is 7.05 Å². The zero-order valence-electron chi connectivity index (χ0n) is 13.9. The van der Waals surface area contributed by atoms with Crippen LogP contribution in [0.2, 0.25) is 0 Å². The maximum atomic E-state index is 12.0. The van der Waals surface area contributed by atoms with Gasteiger partial charge >= 0.3 is 0 Å². The number of aryl methyl sites for hydroxylation is 1. The van der Waals surface area contributed by atoms with Crippen LogP contribution in [-0.4, -0.2) is 9.78 Å². The molecule has 4 nitrogen and oxygen atoms in total. The van der Waals surface area contributed by atoms with Crippen molar-refractivity contribution in [2.45, 2.75) is 6.61 Å². The summed E-state index contributed by atoms with van der Waals surface area (Å²) >= 11 is 0. The summed E-state index contributed by atoms with van der Waals surface area (Å²) < 4.78 is 7.40. The molecule has 3 aromatic carbocycles. The van der Waals surface area contributed by atoms with Gasteiger partial charge < -0.3 is 4.74 Å². The Balaban J connectivity index is 1.54. The van der Waals surface area contributed by atoms with Crippen molar-refractivity contribution in [2.75, 3.05) is 0 Å². The van der Waals surface area contributed by atoms with Gasteiger partial charge in [0.2, 0.25) is 0 Å². The van der Waals surface area contributed by atoms with E-state index in [-0.39, 0.29) is 5.56 Å².